The van der Waals surface area contributed by atoms with Gasteiger partial charge in [-0.1, -0.05) is 12.1 Å². The summed E-state index contributed by atoms with van der Waals surface area (Å²) >= 11 is 0. The largest absolute Gasteiger partial charge is 0.372 e. The van der Waals surface area contributed by atoms with Crippen molar-refractivity contribution in [2.75, 3.05) is 42.5 Å². The highest BCUT2D eigenvalue weighted by Crippen LogP contribution is 2.26. The van der Waals surface area contributed by atoms with Gasteiger partial charge in [-0.2, -0.15) is 0 Å². The monoisotopic (exact) mass is 434 g/mol. The van der Waals surface area contributed by atoms with Crippen LogP contribution in [0.1, 0.15) is 24.4 Å². The first-order chi connectivity index (χ1) is 15.6. The lowest BCUT2D eigenvalue weighted by Crippen LogP contribution is -2.47. The molecule has 0 aliphatic carbocycles. The first kappa shape index (κ1) is 20.6. The van der Waals surface area contributed by atoms with Gasteiger partial charge in [-0.3, -0.25) is 14.3 Å². The Balaban J connectivity index is 1.40. The Hall–Kier alpha value is -3.26. The molecule has 1 aromatic carbocycles. The number of hydrogen-bond donors (Lipinski definition) is 1. The summed E-state index contributed by atoms with van der Waals surface area (Å²) in [5.74, 6) is 0.0550. The number of halogens is 1. The number of aromatic nitrogens is 3. The fraction of sp³-hybridized carbons (Fsp3) is 0.375. The van der Waals surface area contributed by atoms with Crippen LogP contribution in [-0.2, 0) is 7.05 Å². The highest BCUT2D eigenvalue weighted by molar-refractivity contribution is 5.60. The Morgan fingerprint density at radius 3 is 2.59 bits per heavy atom. The molecule has 2 saturated heterocycles. The van der Waals surface area contributed by atoms with Gasteiger partial charge in [-0.05, 0) is 36.6 Å². The van der Waals surface area contributed by atoms with Crippen LogP contribution in [-0.4, -0.2) is 47.3 Å². The predicted molar refractivity (Wildman–Crippen MR) is 124 cm³/mol. The molecular formula is C24H27FN6O. The number of nitrogens with one attached hydrogen (secondary N) is 1. The number of piperazine rings is 1. The molecule has 2 fully saturated rings. The zero-order chi connectivity index (χ0) is 22.1. The quantitative estimate of drug-likeness (QED) is 0.681. The number of anilines is 2. The van der Waals surface area contributed by atoms with Crippen LogP contribution >= 0.6 is 0 Å². The van der Waals surface area contributed by atoms with E-state index in [9.17, 15) is 9.18 Å². The van der Waals surface area contributed by atoms with Crippen LogP contribution in [0, 0.1) is 5.82 Å². The third-order valence-corrected chi connectivity index (χ3v) is 6.38. The van der Waals surface area contributed by atoms with E-state index in [1.54, 1.807) is 13.1 Å². The highest BCUT2D eigenvalue weighted by Gasteiger charge is 2.25. The molecule has 4 heterocycles. The molecule has 1 N–H and O–H groups in total. The summed E-state index contributed by atoms with van der Waals surface area (Å²) in [6, 6.07) is 11.8. The Kier molecular flexibility index (Phi) is 5.61. The third kappa shape index (κ3) is 3.98. The normalized spacial score (nSPS) is 18.9. The van der Waals surface area contributed by atoms with Crippen LogP contribution in [0.3, 0.4) is 0 Å². The van der Waals surface area contributed by atoms with Gasteiger partial charge in [0.15, 0.2) is 5.82 Å². The molecule has 0 saturated carbocycles. The van der Waals surface area contributed by atoms with Crippen LogP contribution in [0.4, 0.5) is 16.0 Å². The second kappa shape index (κ2) is 8.70. The van der Waals surface area contributed by atoms with E-state index < -0.39 is 5.82 Å². The fourth-order valence-corrected chi connectivity index (χ4v) is 4.58. The van der Waals surface area contributed by atoms with E-state index in [1.165, 1.54) is 40.9 Å². The van der Waals surface area contributed by atoms with E-state index in [-0.39, 0.29) is 17.2 Å². The van der Waals surface area contributed by atoms with Gasteiger partial charge in [-0.15, -0.1) is 0 Å². The molecule has 7 nitrogen and oxygen atoms in total. The molecule has 0 spiro atoms. The standard InChI is InChI=1S/C24H27FN6O/c1-29-23(32)14-21(19-8-9-26-15-20(19)25)28-24(29)31-13-10-27-22(16-31)17-4-6-18(7-5-17)30-11-2-3-12-30/h4-9,14-15,22,27H,2-3,10-13,16H2,1H3/t22-/m1/s1. The average Bonchev–Trinajstić information content (AvgIpc) is 3.36. The first-order valence-corrected chi connectivity index (χ1v) is 11.1. The maximum Gasteiger partial charge on any atom is 0.255 e. The van der Waals surface area contributed by atoms with E-state index in [0.717, 1.165) is 25.8 Å². The predicted octanol–water partition coefficient (Wildman–Crippen LogP) is 2.73. The Labute approximate surface area is 186 Å². The van der Waals surface area contributed by atoms with Gasteiger partial charge in [0.2, 0.25) is 5.95 Å². The van der Waals surface area contributed by atoms with Crippen molar-refractivity contribution >= 4 is 11.6 Å². The second-order valence-corrected chi connectivity index (χ2v) is 8.43. The molecule has 0 unspecified atom stereocenters. The molecule has 2 aliphatic rings. The van der Waals surface area contributed by atoms with Crippen LogP contribution in [0.5, 0.6) is 0 Å². The fourth-order valence-electron chi connectivity index (χ4n) is 4.58. The molecular weight excluding hydrogens is 407 g/mol. The van der Waals surface area contributed by atoms with E-state index in [2.05, 4.69) is 49.4 Å². The molecule has 8 heteroatoms. The molecule has 166 valence electrons. The minimum absolute atomic E-state index is 0.120. The number of pyridine rings is 1. The number of rotatable bonds is 4. The molecule has 3 aromatic rings. The van der Waals surface area contributed by atoms with Crippen molar-refractivity contribution in [2.24, 2.45) is 7.05 Å². The van der Waals surface area contributed by atoms with E-state index >= 15 is 0 Å². The molecule has 0 radical (unpaired) electrons. The number of benzene rings is 1. The molecule has 5 rings (SSSR count). The molecule has 32 heavy (non-hydrogen) atoms. The van der Waals surface area contributed by atoms with E-state index in [4.69, 9.17) is 0 Å². The van der Waals surface area contributed by atoms with Crippen LogP contribution in [0.2, 0.25) is 0 Å². The zero-order valence-electron chi connectivity index (χ0n) is 18.2. The second-order valence-electron chi connectivity index (χ2n) is 8.43. The molecule has 2 aliphatic heterocycles. The van der Waals surface area contributed by atoms with Crippen molar-refractivity contribution < 1.29 is 4.39 Å². The van der Waals surface area contributed by atoms with Crippen LogP contribution in [0.25, 0.3) is 11.3 Å². The van der Waals surface area contributed by atoms with Crippen molar-refractivity contribution in [3.8, 4) is 11.3 Å². The number of hydrogen-bond acceptors (Lipinski definition) is 6. The van der Waals surface area contributed by atoms with Gasteiger partial charge in [0.05, 0.1) is 11.9 Å². The average molecular weight is 435 g/mol. The lowest BCUT2D eigenvalue weighted by Gasteiger charge is -2.35. The van der Waals surface area contributed by atoms with Gasteiger partial charge in [0.25, 0.3) is 5.56 Å². The van der Waals surface area contributed by atoms with Crippen LogP contribution in [0.15, 0.2) is 53.6 Å². The van der Waals surface area contributed by atoms with Gasteiger partial charge < -0.3 is 15.1 Å². The third-order valence-electron chi connectivity index (χ3n) is 6.38. The summed E-state index contributed by atoms with van der Waals surface area (Å²) in [5, 5.41) is 3.57. The summed E-state index contributed by atoms with van der Waals surface area (Å²) in [5.41, 5.74) is 2.87. The summed E-state index contributed by atoms with van der Waals surface area (Å²) in [6.07, 6.45) is 5.16. The molecule has 2 aromatic heterocycles. The topological polar surface area (TPSA) is 66.3 Å². The summed E-state index contributed by atoms with van der Waals surface area (Å²) in [6.45, 7) is 4.41. The van der Waals surface area contributed by atoms with Gasteiger partial charge in [0, 0.05) is 69.3 Å². The zero-order valence-corrected chi connectivity index (χ0v) is 18.2. The summed E-state index contributed by atoms with van der Waals surface area (Å²) in [7, 11) is 1.71. The van der Waals surface area contributed by atoms with E-state index in [0.29, 0.717) is 24.7 Å². The van der Waals surface area contributed by atoms with Gasteiger partial charge in [-0.25, -0.2) is 9.37 Å². The Morgan fingerprint density at radius 1 is 1.06 bits per heavy atom. The van der Waals surface area contributed by atoms with Crippen molar-refractivity contribution in [3.63, 3.8) is 0 Å². The Bertz CT molecular complexity index is 1160. The van der Waals surface area contributed by atoms with Gasteiger partial charge in [0.1, 0.15) is 0 Å². The summed E-state index contributed by atoms with van der Waals surface area (Å²) < 4.78 is 15.8. The van der Waals surface area contributed by atoms with Gasteiger partial charge >= 0.3 is 0 Å². The maximum atomic E-state index is 14.3. The lowest BCUT2D eigenvalue weighted by atomic mass is 10.0. The van der Waals surface area contributed by atoms with E-state index in [1.807, 2.05) is 0 Å². The van der Waals surface area contributed by atoms with Crippen molar-refractivity contribution in [3.05, 3.63) is 70.5 Å². The molecule has 0 amide bonds. The smallest absolute Gasteiger partial charge is 0.255 e. The van der Waals surface area contributed by atoms with Crippen molar-refractivity contribution in [1.82, 2.24) is 19.9 Å². The Morgan fingerprint density at radius 2 is 1.84 bits per heavy atom. The molecule has 1 atom stereocenters. The molecule has 0 bridgehead atoms. The summed E-state index contributed by atoms with van der Waals surface area (Å²) in [4.78, 5) is 25.6. The number of nitrogens with zero attached hydrogens (tertiary/aromatic N) is 5. The minimum Gasteiger partial charge on any atom is -0.372 e. The highest BCUT2D eigenvalue weighted by atomic mass is 19.1. The minimum atomic E-state index is -0.490. The first-order valence-electron chi connectivity index (χ1n) is 11.1. The van der Waals surface area contributed by atoms with Crippen molar-refractivity contribution in [1.29, 1.82) is 0 Å². The maximum absolute atomic E-state index is 14.3. The SMILES string of the molecule is Cn1c(N2CCN[C@@H](c3ccc(N4CCCC4)cc3)C2)nc(-c2ccncc2F)cc1=O. The lowest BCUT2D eigenvalue weighted by molar-refractivity contribution is 0.462. The van der Waals surface area contributed by atoms with Crippen molar-refractivity contribution in [2.45, 2.75) is 18.9 Å². The van der Waals surface area contributed by atoms with Crippen LogP contribution < -0.4 is 20.7 Å².